The molecular weight excluding hydrogens is 799 g/mol. The van der Waals surface area contributed by atoms with Gasteiger partial charge in [0.2, 0.25) is 0 Å². The number of aliphatic hydroxyl groups is 1. The van der Waals surface area contributed by atoms with E-state index >= 15 is 0 Å². The van der Waals surface area contributed by atoms with Gasteiger partial charge in [0.25, 0.3) is 0 Å². The van der Waals surface area contributed by atoms with Crippen LogP contribution in [0.15, 0.2) is 107 Å². The number of aliphatic hydroxyl groups excluding tert-OH is 1. The topological polar surface area (TPSA) is 63.3 Å². The standard InChI is InChI=1S/C30H24NOSi.C13H24O2.Ir/c1-33(2,3)29-19-27(24-14-9-13-23-22-12-7-8-15-28(22)32-30(23)24)31-26-17-16-21(18-25(26)29)20-10-5-4-6-11-20;1-7-12(3,4)10(14)9-11(15)13(5,6)8-2;/h4-13,15-19H,1-3H3;9,14H,7-8H2,1-6H3;/q-1;;/b;10-9-;. The summed E-state index contributed by atoms with van der Waals surface area (Å²) in [5.74, 6) is 0.195. The molecule has 4 nitrogen and oxygen atoms in total. The molecule has 0 saturated carbocycles. The van der Waals surface area contributed by atoms with Gasteiger partial charge in [0.15, 0.2) is 5.78 Å². The minimum atomic E-state index is -1.67. The maximum atomic E-state index is 11.8. The number of aromatic nitrogens is 1. The van der Waals surface area contributed by atoms with Crippen LogP contribution in [0.3, 0.4) is 0 Å². The number of benzene rings is 4. The van der Waals surface area contributed by atoms with Gasteiger partial charge in [0.05, 0.1) is 19.2 Å². The Morgan fingerprint density at radius 2 is 1.47 bits per heavy atom. The van der Waals surface area contributed by atoms with Gasteiger partial charge in [-0.05, 0) is 53.2 Å². The molecule has 0 amide bonds. The molecule has 4 aromatic carbocycles. The quantitative estimate of drug-likeness (QED) is 0.0717. The number of rotatable bonds is 8. The van der Waals surface area contributed by atoms with Gasteiger partial charge >= 0.3 is 0 Å². The van der Waals surface area contributed by atoms with Crippen LogP contribution >= 0.6 is 0 Å². The van der Waals surface area contributed by atoms with Crippen LogP contribution in [0.4, 0.5) is 0 Å². The van der Waals surface area contributed by atoms with Crippen LogP contribution < -0.4 is 5.19 Å². The molecule has 49 heavy (non-hydrogen) atoms. The van der Waals surface area contributed by atoms with Crippen molar-refractivity contribution in [3.63, 3.8) is 0 Å². The minimum absolute atomic E-state index is 0. The van der Waals surface area contributed by atoms with E-state index in [-0.39, 0.29) is 42.5 Å². The third kappa shape index (κ3) is 8.15. The van der Waals surface area contributed by atoms with Gasteiger partial charge in [0, 0.05) is 42.4 Å². The zero-order chi connectivity index (χ0) is 34.9. The first kappa shape index (κ1) is 38.0. The molecule has 6 rings (SSSR count). The van der Waals surface area contributed by atoms with E-state index in [1.165, 1.54) is 27.8 Å². The predicted molar refractivity (Wildman–Crippen MR) is 206 cm³/mol. The smallest absolute Gasteiger partial charge is 0.164 e. The van der Waals surface area contributed by atoms with Crippen molar-refractivity contribution in [2.75, 3.05) is 0 Å². The molecule has 0 aliphatic rings. The number of carbonyl (C=O) groups excluding carboxylic acids is 1. The van der Waals surface area contributed by atoms with E-state index < -0.39 is 8.07 Å². The fraction of sp³-hybridized carbons (Fsp3) is 0.302. The molecule has 0 aliphatic heterocycles. The normalized spacial score (nSPS) is 12.5. The summed E-state index contributed by atoms with van der Waals surface area (Å²) in [6.45, 7) is 18.8. The summed E-state index contributed by atoms with van der Waals surface area (Å²) in [5.41, 5.74) is 6.39. The number of nitrogens with zero attached hydrogens (tertiary/aromatic N) is 1. The Bertz CT molecular complexity index is 2120. The molecule has 0 aliphatic carbocycles. The number of pyridine rings is 1. The van der Waals surface area contributed by atoms with Crippen LogP contribution in [0.1, 0.15) is 54.4 Å². The predicted octanol–water partition coefficient (Wildman–Crippen LogP) is 11.7. The van der Waals surface area contributed by atoms with E-state index in [1.54, 1.807) is 0 Å². The molecule has 6 aromatic rings. The summed E-state index contributed by atoms with van der Waals surface area (Å²) in [6.07, 6.45) is 2.99. The average Bonchev–Trinajstić information content (AvgIpc) is 3.46. The van der Waals surface area contributed by atoms with Crippen molar-refractivity contribution < 1.29 is 34.4 Å². The van der Waals surface area contributed by atoms with Crippen molar-refractivity contribution >= 4 is 51.9 Å². The Morgan fingerprint density at radius 3 is 2.12 bits per heavy atom. The van der Waals surface area contributed by atoms with Crippen LogP contribution in [0.25, 0.3) is 55.2 Å². The number of para-hydroxylation sites is 1. The van der Waals surface area contributed by atoms with Crippen molar-refractivity contribution in [3.8, 4) is 22.4 Å². The number of fused-ring (bicyclic) bond motifs is 4. The number of ketones is 1. The van der Waals surface area contributed by atoms with Crippen molar-refractivity contribution in [1.82, 2.24) is 4.98 Å². The third-order valence-electron chi connectivity index (χ3n) is 9.71. The second-order valence-electron chi connectivity index (χ2n) is 15.0. The fourth-order valence-electron chi connectivity index (χ4n) is 5.54. The fourth-order valence-corrected chi connectivity index (χ4v) is 7.11. The summed E-state index contributed by atoms with van der Waals surface area (Å²) in [6, 6.07) is 35.2. The van der Waals surface area contributed by atoms with Crippen molar-refractivity contribution in [2.45, 2.75) is 74.0 Å². The first-order chi connectivity index (χ1) is 22.7. The molecule has 257 valence electrons. The number of allylic oxidation sites excluding steroid dienone is 2. The van der Waals surface area contributed by atoms with Crippen LogP contribution in [0, 0.1) is 16.9 Å². The molecule has 0 bridgehead atoms. The molecule has 2 heterocycles. The van der Waals surface area contributed by atoms with Crippen molar-refractivity contribution in [2.24, 2.45) is 10.8 Å². The summed E-state index contributed by atoms with van der Waals surface area (Å²) in [5, 5.41) is 14.7. The first-order valence-electron chi connectivity index (χ1n) is 16.9. The average molecular weight is 847 g/mol. The molecule has 0 atom stereocenters. The van der Waals surface area contributed by atoms with Crippen LogP contribution in [0.2, 0.25) is 19.6 Å². The maximum absolute atomic E-state index is 11.8. The van der Waals surface area contributed by atoms with Crippen molar-refractivity contribution in [3.05, 3.63) is 109 Å². The Kier molecular flexibility index (Phi) is 11.6. The molecule has 0 saturated heterocycles. The number of hydrogen-bond acceptors (Lipinski definition) is 4. The molecule has 6 heteroatoms. The molecule has 2 aromatic heterocycles. The van der Waals surface area contributed by atoms with Crippen LogP contribution in [-0.4, -0.2) is 23.9 Å². The molecule has 0 unspecified atom stereocenters. The van der Waals surface area contributed by atoms with E-state index in [4.69, 9.17) is 9.40 Å². The zero-order valence-corrected chi connectivity index (χ0v) is 33.6. The Hall–Kier alpha value is -3.83. The third-order valence-corrected chi connectivity index (χ3v) is 11.7. The monoisotopic (exact) mass is 847 g/mol. The summed E-state index contributed by atoms with van der Waals surface area (Å²) < 4.78 is 6.29. The number of furan rings is 1. The van der Waals surface area contributed by atoms with Gasteiger partial charge < -0.3 is 9.52 Å². The van der Waals surface area contributed by atoms with Crippen molar-refractivity contribution in [1.29, 1.82) is 0 Å². The Morgan fingerprint density at radius 1 is 0.816 bits per heavy atom. The van der Waals surface area contributed by atoms with Gasteiger partial charge in [0.1, 0.15) is 11.3 Å². The van der Waals surface area contributed by atoms with E-state index in [1.807, 2.05) is 59.7 Å². The summed E-state index contributed by atoms with van der Waals surface area (Å²) >= 11 is 0. The van der Waals surface area contributed by atoms with Crippen LogP contribution in [0.5, 0.6) is 0 Å². The molecule has 1 N–H and O–H groups in total. The Balaban J connectivity index is 0.000000290. The molecule has 0 fully saturated rings. The number of hydrogen-bond donors (Lipinski definition) is 1. The second-order valence-corrected chi connectivity index (χ2v) is 20.0. The van der Waals surface area contributed by atoms with Gasteiger partial charge in [-0.3, -0.25) is 9.78 Å². The van der Waals surface area contributed by atoms with E-state index in [2.05, 4.69) is 98.5 Å². The van der Waals surface area contributed by atoms with Crippen LogP contribution in [-0.2, 0) is 24.9 Å². The largest absolute Gasteiger partial charge is 0.512 e. The van der Waals surface area contributed by atoms with Gasteiger partial charge in [-0.1, -0.05) is 138 Å². The number of carbonyl (C=O) groups is 1. The van der Waals surface area contributed by atoms with Gasteiger partial charge in [-0.25, -0.2) is 0 Å². The summed E-state index contributed by atoms with van der Waals surface area (Å²) in [4.78, 5) is 16.9. The second kappa shape index (κ2) is 15.0. The maximum Gasteiger partial charge on any atom is 0.164 e. The van der Waals surface area contributed by atoms with E-state index in [0.29, 0.717) is 0 Å². The first-order valence-corrected chi connectivity index (χ1v) is 20.4. The minimum Gasteiger partial charge on any atom is -0.512 e. The molecule has 0 spiro atoms. The molecular formula is C43H48IrNO3Si-. The van der Waals surface area contributed by atoms with Gasteiger partial charge in [-0.2, -0.15) is 0 Å². The molecule has 1 radical (unpaired) electrons. The Labute approximate surface area is 306 Å². The van der Waals surface area contributed by atoms with E-state index in [0.717, 1.165) is 51.6 Å². The summed E-state index contributed by atoms with van der Waals surface area (Å²) in [7, 11) is -1.67. The van der Waals surface area contributed by atoms with E-state index in [9.17, 15) is 9.90 Å². The zero-order valence-electron chi connectivity index (χ0n) is 30.2. The van der Waals surface area contributed by atoms with Gasteiger partial charge in [-0.15, -0.1) is 18.2 Å². The SMILES string of the molecule is CCC(C)(C)C(=O)/C=C(\O)C(C)(C)CC.C[Si](C)(C)c1cc(-c2[c-]ccc3c2oc2ccccc23)nc2ccc(-c3ccccc3)cc12.[Ir].